The number of hydrogen-bond donors (Lipinski definition) is 3. The monoisotopic (exact) mass is 477 g/mol. The Bertz CT molecular complexity index is 918. The summed E-state index contributed by atoms with van der Waals surface area (Å²) in [6.07, 6.45) is 1.91. The summed E-state index contributed by atoms with van der Waals surface area (Å²) in [7, 11) is 0. The van der Waals surface area contributed by atoms with E-state index in [1.54, 1.807) is 18.2 Å². The molecule has 0 spiro atoms. The van der Waals surface area contributed by atoms with Gasteiger partial charge in [-0.2, -0.15) is 0 Å². The van der Waals surface area contributed by atoms with E-state index in [0.717, 1.165) is 22.9 Å². The number of nitrogens with one attached hydrogen (secondary N) is 3. The number of benzene rings is 2. The summed E-state index contributed by atoms with van der Waals surface area (Å²) in [4.78, 5) is 24.0. The first-order valence-electron chi connectivity index (χ1n) is 9.23. The minimum atomic E-state index is -0.371. The second-order valence-electron chi connectivity index (χ2n) is 6.46. The number of hydrogen-bond acceptors (Lipinski definition) is 4. The Morgan fingerprint density at radius 1 is 1.14 bits per heavy atom. The molecule has 0 saturated carbocycles. The standard InChI is InChI=1S/C21H24BrN3O3S/c1-4-5-10-28-19-9-7-15(22)11-17(19)20(27)25-21(29)24-16-8-6-13(2)18(12-16)23-14(3)26/h6-9,11-12H,4-5,10H2,1-3H3,(H,23,26)(H2,24,25,27,29). The first-order valence-corrected chi connectivity index (χ1v) is 10.4. The van der Waals surface area contributed by atoms with Gasteiger partial charge >= 0.3 is 0 Å². The fourth-order valence-electron chi connectivity index (χ4n) is 2.49. The molecule has 0 heterocycles. The van der Waals surface area contributed by atoms with Crippen LogP contribution >= 0.6 is 28.1 Å². The number of halogens is 1. The Hall–Kier alpha value is -2.45. The van der Waals surface area contributed by atoms with Crippen molar-refractivity contribution in [2.45, 2.75) is 33.6 Å². The molecule has 0 aliphatic heterocycles. The summed E-state index contributed by atoms with van der Waals surface area (Å²) < 4.78 is 6.50. The van der Waals surface area contributed by atoms with Crippen LogP contribution in [0.25, 0.3) is 0 Å². The number of amides is 2. The number of carbonyl (C=O) groups excluding carboxylic acids is 2. The van der Waals surface area contributed by atoms with Gasteiger partial charge in [0.1, 0.15) is 5.75 Å². The van der Waals surface area contributed by atoms with Gasteiger partial charge in [-0.1, -0.05) is 35.3 Å². The van der Waals surface area contributed by atoms with Crippen molar-refractivity contribution in [3.8, 4) is 5.75 Å². The molecule has 0 bridgehead atoms. The lowest BCUT2D eigenvalue weighted by atomic mass is 10.1. The molecule has 6 nitrogen and oxygen atoms in total. The zero-order valence-corrected chi connectivity index (χ0v) is 19.0. The zero-order valence-electron chi connectivity index (χ0n) is 16.6. The van der Waals surface area contributed by atoms with E-state index < -0.39 is 0 Å². The van der Waals surface area contributed by atoms with Crippen molar-refractivity contribution in [3.05, 3.63) is 52.0 Å². The minimum absolute atomic E-state index is 0.145. The lowest BCUT2D eigenvalue weighted by molar-refractivity contribution is -0.114. The average Bonchev–Trinajstić information content (AvgIpc) is 2.65. The van der Waals surface area contributed by atoms with E-state index in [1.807, 2.05) is 25.1 Å². The fraction of sp³-hybridized carbons (Fsp3) is 0.286. The molecule has 2 rings (SSSR count). The Morgan fingerprint density at radius 3 is 2.59 bits per heavy atom. The van der Waals surface area contributed by atoms with Crippen LogP contribution in [0.3, 0.4) is 0 Å². The highest BCUT2D eigenvalue weighted by atomic mass is 79.9. The second-order valence-corrected chi connectivity index (χ2v) is 7.79. The predicted molar refractivity (Wildman–Crippen MR) is 124 cm³/mol. The van der Waals surface area contributed by atoms with Gasteiger partial charge in [-0.15, -0.1) is 0 Å². The fourth-order valence-corrected chi connectivity index (χ4v) is 3.06. The number of aryl methyl sites for hydroxylation is 1. The maximum atomic E-state index is 12.7. The summed E-state index contributed by atoms with van der Waals surface area (Å²) in [6, 6.07) is 10.7. The van der Waals surface area contributed by atoms with Gasteiger partial charge in [0.05, 0.1) is 12.2 Å². The van der Waals surface area contributed by atoms with Crippen molar-refractivity contribution in [2.24, 2.45) is 0 Å². The van der Waals surface area contributed by atoms with Crippen LogP contribution in [0, 0.1) is 6.92 Å². The maximum absolute atomic E-state index is 12.7. The average molecular weight is 478 g/mol. The summed E-state index contributed by atoms with van der Waals surface area (Å²) >= 11 is 8.66. The highest BCUT2D eigenvalue weighted by molar-refractivity contribution is 9.10. The van der Waals surface area contributed by atoms with Gasteiger partial charge in [0, 0.05) is 22.8 Å². The third kappa shape index (κ3) is 7.14. The van der Waals surface area contributed by atoms with E-state index in [2.05, 4.69) is 38.8 Å². The molecule has 2 amide bonds. The molecule has 8 heteroatoms. The first-order chi connectivity index (χ1) is 13.8. The van der Waals surface area contributed by atoms with E-state index in [0.29, 0.717) is 29.3 Å². The molecular weight excluding hydrogens is 454 g/mol. The van der Waals surface area contributed by atoms with E-state index in [1.165, 1.54) is 6.92 Å². The molecule has 0 unspecified atom stereocenters. The number of rotatable bonds is 7. The van der Waals surface area contributed by atoms with Gasteiger partial charge in [0.2, 0.25) is 5.91 Å². The van der Waals surface area contributed by atoms with Crippen molar-refractivity contribution in [1.29, 1.82) is 0 Å². The van der Waals surface area contributed by atoms with Gasteiger partial charge in [-0.3, -0.25) is 14.9 Å². The molecular formula is C21H24BrN3O3S. The lowest BCUT2D eigenvalue weighted by Gasteiger charge is -2.14. The quantitative estimate of drug-likeness (QED) is 0.385. The number of carbonyl (C=O) groups is 2. The van der Waals surface area contributed by atoms with Crippen LogP contribution in [-0.4, -0.2) is 23.5 Å². The molecule has 0 aromatic heterocycles. The van der Waals surface area contributed by atoms with Crippen molar-refractivity contribution in [2.75, 3.05) is 17.2 Å². The second kappa shape index (κ2) is 10.9. The zero-order chi connectivity index (χ0) is 21.4. The van der Waals surface area contributed by atoms with E-state index in [4.69, 9.17) is 17.0 Å². The largest absolute Gasteiger partial charge is 0.493 e. The van der Waals surface area contributed by atoms with E-state index >= 15 is 0 Å². The molecule has 0 aliphatic carbocycles. The lowest BCUT2D eigenvalue weighted by Crippen LogP contribution is -2.34. The summed E-state index contributed by atoms with van der Waals surface area (Å²) in [5.74, 6) is -0.0267. The molecule has 0 saturated heterocycles. The molecule has 2 aromatic rings. The van der Waals surface area contributed by atoms with Gasteiger partial charge in [-0.25, -0.2) is 0 Å². The molecule has 2 aromatic carbocycles. The molecule has 0 radical (unpaired) electrons. The highest BCUT2D eigenvalue weighted by Gasteiger charge is 2.15. The first kappa shape index (κ1) is 22.8. The van der Waals surface area contributed by atoms with Crippen LogP contribution in [0.2, 0.25) is 0 Å². The van der Waals surface area contributed by atoms with Crippen LogP contribution in [0.4, 0.5) is 11.4 Å². The Morgan fingerprint density at radius 2 is 1.90 bits per heavy atom. The summed E-state index contributed by atoms with van der Waals surface area (Å²) in [5, 5.41) is 8.54. The summed E-state index contributed by atoms with van der Waals surface area (Å²) in [6.45, 7) is 5.95. The van der Waals surface area contributed by atoms with E-state index in [9.17, 15) is 9.59 Å². The molecule has 29 heavy (non-hydrogen) atoms. The number of anilines is 2. The SMILES string of the molecule is CCCCOc1ccc(Br)cc1C(=O)NC(=S)Nc1ccc(C)c(NC(C)=O)c1. The third-order valence-corrected chi connectivity index (χ3v) is 4.67. The van der Waals surface area contributed by atoms with Gasteiger partial charge in [0.25, 0.3) is 5.91 Å². The van der Waals surface area contributed by atoms with Gasteiger partial charge in [-0.05, 0) is 61.5 Å². The van der Waals surface area contributed by atoms with Crippen molar-refractivity contribution >= 4 is 56.4 Å². The van der Waals surface area contributed by atoms with Crippen LogP contribution < -0.4 is 20.7 Å². The highest BCUT2D eigenvalue weighted by Crippen LogP contribution is 2.24. The predicted octanol–water partition coefficient (Wildman–Crippen LogP) is 5.02. The smallest absolute Gasteiger partial charge is 0.261 e. The molecule has 0 atom stereocenters. The van der Waals surface area contributed by atoms with Crippen LogP contribution in [0.5, 0.6) is 5.75 Å². The van der Waals surface area contributed by atoms with E-state index in [-0.39, 0.29) is 16.9 Å². The molecule has 0 aliphatic rings. The van der Waals surface area contributed by atoms with Crippen molar-refractivity contribution in [3.63, 3.8) is 0 Å². The van der Waals surface area contributed by atoms with Crippen LogP contribution in [0.15, 0.2) is 40.9 Å². The number of thiocarbonyl (C=S) groups is 1. The maximum Gasteiger partial charge on any atom is 0.261 e. The topological polar surface area (TPSA) is 79.5 Å². The third-order valence-electron chi connectivity index (χ3n) is 3.97. The Labute approximate surface area is 184 Å². The molecule has 0 fully saturated rings. The molecule has 3 N–H and O–H groups in total. The number of unbranched alkanes of at least 4 members (excludes halogenated alkanes) is 1. The van der Waals surface area contributed by atoms with Gasteiger partial charge < -0.3 is 15.4 Å². The van der Waals surface area contributed by atoms with Crippen molar-refractivity contribution in [1.82, 2.24) is 5.32 Å². The van der Waals surface area contributed by atoms with Crippen LogP contribution in [0.1, 0.15) is 42.6 Å². The van der Waals surface area contributed by atoms with Crippen molar-refractivity contribution < 1.29 is 14.3 Å². The molecule has 154 valence electrons. The minimum Gasteiger partial charge on any atom is -0.493 e. The Balaban J connectivity index is 2.08. The Kier molecular flexibility index (Phi) is 8.60. The van der Waals surface area contributed by atoms with Crippen LogP contribution in [-0.2, 0) is 4.79 Å². The summed E-state index contributed by atoms with van der Waals surface area (Å²) in [5.41, 5.74) is 2.64. The number of ether oxygens (including phenoxy) is 1. The normalized spacial score (nSPS) is 10.2. The van der Waals surface area contributed by atoms with Gasteiger partial charge in [0.15, 0.2) is 5.11 Å².